The van der Waals surface area contributed by atoms with E-state index in [9.17, 15) is 4.79 Å². The van der Waals surface area contributed by atoms with Crippen LogP contribution in [0.15, 0.2) is 24.3 Å². The summed E-state index contributed by atoms with van der Waals surface area (Å²) in [4.78, 5) is 14.0. The van der Waals surface area contributed by atoms with Gasteiger partial charge in [-0.05, 0) is 30.6 Å². The molecular weight excluding hydrogens is 236 g/mol. The molecular formula is C16H26N2O. The van der Waals surface area contributed by atoms with E-state index in [-0.39, 0.29) is 11.3 Å². The Labute approximate surface area is 117 Å². The molecule has 0 atom stereocenters. The van der Waals surface area contributed by atoms with E-state index >= 15 is 0 Å². The van der Waals surface area contributed by atoms with Gasteiger partial charge in [0.2, 0.25) is 5.91 Å². The standard InChI is InChI=1S/C16H26N2O/c1-16(2,3)10-15(19)17-11-13-8-6-7-9-14(13)12-18(4)5/h6-9H,10-12H2,1-5H3,(H,17,19). The maximum absolute atomic E-state index is 11.8. The number of amides is 1. The van der Waals surface area contributed by atoms with Gasteiger partial charge in [0.05, 0.1) is 0 Å². The molecule has 0 aliphatic rings. The van der Waals surface area contributed by atoms with Gasteiger partial charge in [-0.2, -0.15) is 0 Å². The van der Waals surface area contributed by atoms with Gasteiger partial charge in [-0.3, -0.25) is 4.79 Å². The van der Waals surface area contributed by atoms with E-state index in [0.29, 0.717) is 13.0 Å². The fourth-order valence-corrected chi connectivity index (χ4v) is 1.96. The van der Waals surface area contributed by atoms with Gasteiger partial charge in [-0.1, -0.05) is 45.0 Å². The van der Waals surface area contributed by atoms with Crippen LogP contribution in [0.25, 0.3) is 0 Å². The number of carbonyl (C=O) groups excluding carboxylic acids is 1. The first-order chi connectivity index (χ1) is 8.78. The molecule has 19 heavy (non-hydrogen) atoms. The lowest BCUT2D eigenvalue weighted by molar-refractivity contribution is -0.122. The molecule has 3 heteroatoms. The van der Waals surface area contributed by atoms with Crippen molar-refractivity contribution >= 4 is 5.91 Å². The number of hydrogen-bond acceptors (Lipinski definition) is 2. The summed E-state index contributed by atoms with van der Waals surface area (Å²) >= 11 is 0. The van der Waals surface area contributed by atoms with Crippen molar-refractivity contribution in [2.24, 2.45) is 5.41 Å². The van der Waals surface area contributed by atoms with Crippen LogP contribution >= 0.6 is 0 Å². The fraction of sp³-hybridized carbons (Fsp3) is 0.562. The maximum Gasteiger partial charge on any atom is 0.220 e. The van der Waals surface area contributed by atoms with Gasteiger partial charge in [-0.15, -0.1) is 0 Å². The van der Waals surface area contributed by atoms with Gasteiger partial charge >= 0.3 is 0 Å². The summed E-state index contributed by atoms with van der Waals surface area (Å²) in [5, 5.41) is 3.01. The summed E-state index contributed by atoms with van der Waals surface area (Å²) in [5.74, 6) is 0.118. The molecule has 1 amide bonds. The minimum Gasteiger partial charge on any atom is -0.352 e. The van der Waals surface area contributed by atoms with Crippen molar-refractivity contribution in [2.75, 3.05) is 14.1 Å². The predicted molar refractivity (Wildman–Crippen MR) is 79.8 cm³/mol. The van der Waals surface area contributed by atoms with E-state index in [2.05, 4.69) is 57.2 Å². The zero-order valence-electron chi connectivity index (χ0n) is 12.8. The van der Waals surface area contributed by atoms with Crippen LogP contribution in [0.5, 0.6) is 0 Å². The van der Waals surface area contributed by atoms with Crippen molar-refractivity contribution in [2.45, 2.75) is 40.3 Å². The third kappa shape index (κ3) is 6.39. The lowest BCUT2D eigenvalue weighted by atomic mass is 9.92. The Morgan fingerprint density at radius 3 is 2.26 bits per heavy atom. The second kappa shape index (κ2) is 6.71. The highest BCUT2D eigenvalue weighted by Crippen LogP contribution is 2.18. The van der Waals surface area contributed by atoms with Crippen molar-refractivity contribution in [1.82, 2.24) is 10.2 Å². The van der Waals surface area contributed by atoms with Crippen LogP contribution in [0.3, 0.4) is 0 Å². The van der Waals surface area contributed by atoms with E-state index in [4.69, 9.17) is 0 Å². The van der Waals surface area contributed by atoms with E-state index in [0.717, 1.165) is 6.54 Å². The third-order valence-electron chi connectivity index (χ3n) is 2.77. The highest BCUT2D eigenvalue weighted by Gasteiger charge is 2.15. The van der Waals surface area contributed by atoms with Crippen molar-refractivity contribution in [1.29, 1.82) is 0 Å². The molecule has 0 spiro atoms. The van der Waals surface area contributed by atoms with Crippen LogP contribution in [0.4, 0.5) is 0 Å². The molecule has 0 bridgehead atoms. The van der Waals surface area contributed by atoms with Crippen LogP contribution in [-0.4, -0.2) is 24.9 Å². The van der Waals surface area contributed by atoms with E-state index < -0.39 is 0 Å². The monoisotopic (exact) mass is 262 g/mol. The van der Waals surface area contributed by atoms with Gasteiger partial charge in [0.1, 0.15) is 0 Å². The highest BCUT2D eigenvalue weighted by atomic mass is 16.1. The molecule has 3 nitrogen and oxygen atoms in total. The van der Waals surface area contributed by atoms with Gasteiger partial charge < -0.3 is 10.2 Å². The highest BCUT2D eigenvalue weighted by molar-refractivity contribution is 5.76. The minimum atomic E-state index is 0.0350. The van der Waals surface area contributed by atoms with Crippen molar-refractivity contribution < 1.29 is 4.79 Å². The van der Waals surface area contributed by atoms with Gasteiger partial charge in [0.15, 0.2) is 0 Å². The largest absolute Gasteiger partial charge is 0.352 e. The molecule has 0 aliphatic heterocycles. The molecule has 106 valence electrons. The lowest BCUT2D eigenvalue weighted by Crippen LogP contribution is -2.27. The van der Waals surface area contributed by atoms with Crippen molar-refractivity contribution in [3.05, 3.63) is 35.4 Å². The Balaban J connectivity index is 2.60. The van der Waals surface area contributed by atoms with E-state index in [1.165, 1.54) is 11.1 Å². The Bertz CT molecular complexity index is 419. The van der Waals surface area contributed by atoms with Crippen LogP contribution in [0, 0.1) is 5.41 Å². The maximum atomic E-state index is 11.8. The molecule has 0 radical (unpaired) electrons. The average molecular weight is 262 g/mol. The average Bonchev–Trinajstić information content (AvgIpc) is 2.24. The SMILES string of the molecule is CN(C)Cc1ccccc1CNC(=O)CC(C)(C)C. The molecule has 1 N–H and O–H groups in total. The molecule has 1 aromatic rings. The molecule has 0 fully saturated rings. The summed E-state index contributed by atoms with van der Waals surface area (Å²) in [5.41, 5.74) is 2.50. The molecule has 1 aromatic carbocycles. The Morgan fingerprint density at radius 1 is 1.16 bits per heavy atom. The quantitative estimate of drug-likeness (QED) is 0.885. The molecule has 0 saturated carbocycles. The van der Waals surface area contributed by atoms with Crippen molar-refractivity contribution in [3.63, 3.8) is 0 Å². The summed E-state index contributed by atoms with van der Waals surface area (Å²) in [6.07, 6.45) is 0.558. The predicted octanol–water partition coefficient (Wildman–Crippen LogP) is 2.80. The molecule has 0 heterocycles. The third-order valence-corrected chi connectivity index (χ3v) is 2.77. The van der Waals surface area contributed by atoms with Crippen molar-refractivity contribution in [3.8, 4) is 0 Å². The van der Waals surface area contributed by atoms with Crippen LogP contribution < -0.4 is 5.32 Å². The molecule has 1 rings (SSSR count). The summed E-state index contributed by atoms with van der Waals surface area (Å²) in [7, 11) is 4.10. The molecule has 0 aromatic heterocycles. The van der Waals surface area contributed by atoms with Gasteiger partial charge in [0, 0.05) is 19.5 Å². The topological polar surface area (TPSA) is 32.3 Å². The number of carbonyl (C=O) groups is 1. The molecule has 0 saturated heterocycles. The first kappa shape index (κ1) is 15.7. The van der Waals surface area contributed by atoms with Crippen LogP contribution in [0.2, 0.25) is 0 Å². The number of hydrogen-bond donors (Lipinski definition) is 1. The Kier molecular flexibility index (Phi) is 5.55. The lowest BCUT2D eigenvalue weighted by Gasteiger charge is -2.18. The Hall–Kier alpha value is -1.35. The van der Waals surface area contributed by atoms with Crippen LogP contribution in [-0.2, 0) is 17.9 Å². The minimum absolute atomic E-state index is 0.0350. The molecule has 0 unspecified atom stereocenters. The number of nitrogens with zero attached hydrogens (tertiary/aromatic N) is 1. The summed E-state index contributed by atoms with van der Waals surface area (Å²) in [6.45, 7) is 7.73. The van der Waals surface area contributed by atoms with E-state index in [1.807, 2.05) is 12.1 Å². The van der Waals surface area contributed by atoms with Crippen LogP contribution in [0.1, 0.15) is 38.3 Å². The zero-order chi connectivity index (χ0) is 14.5. The zero-order valence-corrected chi connectivity index (χ0v) is 12.8. The Morgan fingerprint density at radius 2 is 1.74 bits per heavy atom. The summed E-state index contributed by atoms with van der Waals surface area (Å²) < 4.78 is 0. The second-order valence-electron chi connectivity index (χ2n) is 6.52. The first-order valence-corrected chi connectivity index (χ1v) is 6.76. The van der Waals surface area contributed by atoms with Gasteiger partial charge in [-0.25, -0.2) is 0 Å². The van der Waals surface area contributed by atoms with Gasteiger partial charge in [0.25, 0.3) is 0 Å². The number of nitrogens with one attached hydrogen (secondary N) is 1. The normalized spacial score (nSPS) is 11.7. The van der Waals surface area contributed by atoms with E-state index in [1.54, 1.807) is 0 Å². The fourth-order valence-electron chi connectivity index (χ4n) is 1.96. The second-order valence-corrected chi connectivity index (χ2v) is 6.52. The number of rotatable bonds is 5. The molecule has 0 aliphatic carbocycles. The first-order valence-electron chi connectivity index (χ1n) is 6.76. The number of benzene rings is 1. The summed E-state index contributed by atoms with van der Waals surface area (Å²) in [6, 6.07) is 8.26. The smallest absolute Gasteiger partial charge is 0.220 e.